The first kappa shape index (κ1) is 11.9. The Morgan fingerprint density at radius 3 is 2.71 bits per heavy atom. The first-order valence-corrected chi connectivity index (χ1v) is 6.09. The van der Waals surface area contributed by atoms with Crippen molar-refractivity contribution >= 4 is 11.4 Å². The Morgan fingerprint density at radius 1 is 1.47 bits per heavy atom. The van der Waals surface area contributed by atoms with E-state index in [0.29, 0.717) is 12.0 Å². The van der Waals surface area contributed by atoms with E-state index in [-0.39, 0.29) is 10.6 Å². The molecule has 1 unspecified atom stereocenters. The summed E-state index contributed by atoms with van der Waals surface area (Å²) in [6, 6.07) is 5.37. The summed E-state index contributed by atoms with van der Waals surface area (Å²) in [5, 5.41) is 14.1. The average molecular weight is 234 g/mol. The number of benzene rings is 1. The Kier molecular flexibility index (Phi) is 3.31. The van der Waals surface area contributed by atoms with Gasteiger partial charge < -0.3 is 5.32 Å². The summed E-state index contributed by atoms with van der Waals surface area (Å²) in [5.74, 6) is 0.716. The van der Waals surface area contributed by atoms with Gasteiger partial charge in [0.1, 0.15) is 0 Å². The lowest BCUT2D eigenvalue weighted by molar-refractivity contribution is -0.384. The van der Waals surface area contributed by atoms with Crippen LogP contribution in [0.3, 0.4) is 0 Å². The van der Waals surface area contributed by atoms with E-state index in [9.17, 15) is 10.1 Å². The number of anilines is 1. The van der Waals surface area contributed by atoms with Gasteiger partial charge in [-0.05, 0) is 38.2 Å². The highest BCUT2D eigenvalue weighted by Crippen LogP contribution is 2.32. The summed E-state index contributed by atoms with van der Waals surface area (Å²) in [6.07, 6.45) is 3.84. The van der Waals surface area contributed by atoms with Crippen LogP contribution in [0.15, 0.2) is 18.2 Å². The Bertz CT molecular complexity index is 427. The Labute approximate surface area is 101 Å². The smallest absolute Gasteiger partial charge is 0.271 e. The predicted octanol–water partition coefficient (Wildman–Crippen LogP) is 3.50. The minimum absolute atomic E-state index is 0.152. The molecular weight excluding hydrogens is 216 g/mol. The van der Waals surface area contributed by atoms with Crippen molar-refractivity contribution in [2.45, 2.75) is 39.2 Å². The lowest BCUT2D eigenvalue weighted by Crippen LogP contribution is -2.31. The monoisotopic (exact) mass is 234 g/mol. The zero-order chi connectivity index (χ0) is 12.4. The highest BCUT2D eigenvalue weighted by atomic mass is 16.6. The first-order chi connectivity index (χ1) is 8.08. The van der Waals surface area contributed by atoms with E-state index in [4.69, 9.17) is 0 Å². The number of nitro benzene ring substituents is 1. The molecule has 4 nitrogen and oxygen atoms in total. The van der Waals surface area contributed by atoms with Crippen LogP contribution in [0.2, 0.25) is 0 Å². The third-order valence-corrected chi connectivity index (χ3v) is 3.67. The van der Waals surface area contributed by atoms with Crippen molar-refractivity contribution in [3.05, 3.63) is 33.9 Å². The quantitative estimate of drug-likeness (QED) is 0.640. The van der Waals surface area contributed by atoms with Gasteiger partial charge in [-0.2, -0.15) is 0 Å². The van der Waals surface area contributed by atoms with Gasteiger partial charge in [0.25, 0.3) is 5.69 Å². The molecule has 0 aromatic heterocycles. The van der Waals surface area contributed by atoms with Gasteiger partial charge in [0.15, 0.2) is 0 Å². The van der Waals surface area contributed by atoms with Gasteiger partial charge >= 0.3 is 0 Å². The average Bonchev–Trinajstić information content (AvgIpc) is 2.18. The molecule has 17 heavy (non-hydrogen) atoms. The summed E-state index contributed by atoms with van der Waals surface area (Å²) in [7, 11) is 0. The lowest BCUT2D eigenvalue weighted by Gasteiger charge is -2.32. The molecule has 1 aromatic carbocycles. The predicted molar refractivity (Wildman–Crippen MR) is 68.3 cm³/mol. The summed E-state index contributed by atoms with van der Waals surface area (Å²) in [6.45, 7) is 4.13. The van der Waals surface area contributed by atoms with Crippen molar-refractivity contribution in [2.75, 3.05) is 5.32 Å². The maximum absolute atomic E-state index is 10.7. The Hall–Kier alpha value is -1.58. The van der Waals surface area contributed by atoms with Crippen LogP contribution in [-0.4, -0.2) is 11.0 Å². The molecule has 1 fully saturated rings. The van der Waals surface area contributed by atoms with Gasteiger partial charge in [0, 0.05) is 23.9 Å². The number of nitrogens with one attached hydrogen (secondary N) is 1. The lowest BCUT2D eigenvalue weighted by atomic mass is 9.80. The van der Waals surface area contributed by atoms with Crippen LogP contribution < -0.4 is 5.32 Å². The molecule has 1 N–H and O–H groups in total. The summed E-state index contributed by atoms with van der Waals surface area (Å²) >= 11 is 0. The molecule has 0 bridgehead atoms. The van der Waals surface area contributed by atoms with Crippen LogP contribution in [0, 0.1) is 23.0 Å². The van der Waals surface area contributed by atoms with Crippen LogP contribution in [0.25, 0.3) is 0 Å². The minimum atomic E-state index is -0.349. The largest absolute Gasteiger partial charge is 0.382 e. The second kappa shape index (κ2) is 4.73. The fraction of sp³-hybridized carbons (Fsp3) is 0.538. The summed E-state index contributed by atoms with van der Waals surface area (Å²) < 4.78 is 0. The van der Waals surface area contributed by atoms with E-state index in [1.165, 1.54) is 19.3 Å². The molecule has 1 aliphatic carbocycles. The van der Waals surface area contributed by atoms with E-state index in [1.54, 1.807) is 18.2 Å². The third-order valence-electron chi connectivity index (χ3n) is 3.67. The van der Waals surface area contributed by atoms with Crippen molar-refractivity contribution in [1.82, 2.24) is 0 Å². The van der Waals surface area contributed by atoms with Crippen LogP contribution in [0.1, 0.15) is 31.7 Å². The molecule has 0 amide bonds. The summed E-state index contributed by atoms with van der Waals surface area (Å²) in [5.41, 5.74) is 2.10. The zero-order valence-corrected chi connectivity index (χ0v) is 10.3. The second-order valence-corrected chi connectivity index (χ2v) is 4.88. The van der Waals surface area contributed by atoms with E-state index in [1.807, 2.05) is 6.92 Å². The SMILES string of the molecule is Cc1ccc([N+](=O)[O-])cc1NC(C)C1CCC1. The molecular formula is C13H18N2O2. The Balaban J connectivity index is 2.13. The molecule has 1 aromatic rings. The van der Waals surface area contributed by atoms with Crippen LogP contribution in [-0.2, 0) is 0 Å². The fourth-order valence-corrected chi connectivity index (χ4v) is 2.18. The maximum atomic E-state index is 10.7. The topological polar surface area (TPSA) is 55.2 Å². The molecule has 0 heterocycles. The number of nitrogens with zero attached hydrogens (tertiary/aromatic N) is 1. The van der Waals surface area contributed by atoms with Crippen molar-refractivity contribution < 1.29 is 4.92 Å². The van der Waals surface area contributed by atoms with E-state index in [0.717, 1.165) is 11.3 Å². The number of hydrogen-bond acceptors (Lipinski definition) is 3. The molecule has 2 rings (SSSR count). The highest BCUT2D eigenvalue weighted by Gasteiger charge is 2.24. The van der Waals surface area contributed by atoms with Gasteiger partial charge in [-0.15, -0.1) is 0 Å². The summed E-state index contributed by atoms with van der Waals surface area (Å²) in [4.78, 5) is 10.4. The number of hydrogen-bond donors (Lipinski definition) is 1. The van der Waals surface area contributed by atoms with E-state index >= 15 is 0 Å². The van der Waals surface area contributed by atoms with Crippen molar-refractivity contribution in [2.24, 2.45) is 5.92 Å². The molecule has 1 aliphatic rings. The maximum Gasteiger partial charge on any atom is 0.271 e. The minimum Gasteiger partial charge on any atom is -0.382 e. The van der Waals surface area contributed by atoms with Crippen molar-refractivity contribution in [3.63, 3.8) is 0 Å². The molecule has 0 radical (unpaired) electrons. The van der Waals surface area contributed by atoms with E-state index in [2.05, 4.69) is 12.2 Å². The first-order valence-electron chi connectivity index (χ1n) is 6.09. The standard InChI is InChI=1S/C13H18N2O2/c1-9-6-7-12(15(16)17)8-13(9)14-10(2)11-4-3-5-11/h6-8,10-11,14H,3-5H2,1-2H3. The van der Waals surface area contributed by atoms with Gasteiger partial charge in [-0.1, -0.05) is 12.5 Å². The molecule has 0 saturated heterocycles. The third kappa shape index (κ3) is 2.57. The van der Waals surface area contributed by atoms with Gasteiger partial charge in [0.05, 0.1) is 4.92 Å². The number of non-ortho nitro benzene ring substituents is 1. The number of rotatable bonds is 4. The molecule has 0 aliphatic heterocycles. The second-order valence-electron chi connectivity index (χ2n) is 4.88. The Morgan fingerprint density at radius 2 is 2.18 bits per heavy atom. The van der Waals surface area contributed by atoms with Gasteiger partial charge in [-0.25, -0.2) is 0 Å². The molecule has 0 spiro atoms. The molecule has 1 atom stereocenters. The normalized spacial score (nSPS) is 17.3. The number of aryl methyl sites for hydroxylation is 1. The van der Waals surface area contributed by atoms with Crippen LogP contribution in [0.4, 0.5) is 11.4 Å². The zero-order valence-electron chi connectivity index (χ0n) is 10.3. The van der Waals surface area contributed by atoms with E-state index < -0.39 is 0 Å². The van der Waals surface area contributed by atoms with Crippen molar-refractivity contribution in [1.29, 1.82) is 0 Å². The molecule has 4 heteroatoms. The fourth-order valence-electron chi connectivity index (χ4n) is 2.18. The van der Waals surface area contributed by atoms with Gasteiger partial charge in [-0.3, -0.25) is 10.1 Å². The van der Waals surface area contributed by atoms with Crippen molar-refractivity contribution in [3.8, 4) is 0 Å². The molecule has 1 saturated carbocycles. The van der Waals surface area contributed by atoms with Crippen LogP contribution in [0.5, 0.6) is 0 Å². The highest BCUT2D eigenvalue weighted by molar-refractivity contribution is 5.57. The molecule has 92 valence electrons. The number of nitro groups is 1. The van der Waals surface area contributed by atoms with Gasteiger partial charge in [0.2, 0.25) is 0 Å². The van der Waals surface area contributed by atoms with Crippen LogP contribution >= 0.6 is 0 Å².